The van der Waals surface area contributed by atoms with Crippen LogP contribution in [0.4, 0.5) is 5.95 Å². The van der Waals surface area contributed by atoms with Crippen LogP contribution in [0.5, 0.6) is 5.88 Å². The van der Waals surface area contributed by atoms with E-state index in [9.17, 15) is 4.79 Å². The number of methoxy groups -OCH3 is 1. The summed E-state index contributed by atoms with van der Waals surface area (Å²) in [5, 5.41) is 5.85. The molecule has 1 aliphatic heterocycles. The minimum atomic E-state index is 0.0529. The first-order valence-corrected chi connectivity index (χ1v) is 5.10. The summed E-state index contributed by atoms with van der Waals surface area (Å²) < 4.78 is 5.05. The van der Waals surface area contributed by atoms with Crippen LogP contribution in [-0.2, 0) is 4.79 Å². The maximum Gasteiger partial charge on any atom is 0.226 e. The van der Waals surface area contributed by atoms with Gasteiger partial charge in [0.05, 0.1) is 13.2 Å². The summed E-state index contributed by atoms with van der Waals surface area (Å²) >= 11 is 0. The molecule has 6 heteroatoms. The minimum absolute atomic E-state index is 0.0529. The van der Waals surface area contributed by atoms with E-state index in [0.29, 0.717) is 24.8 Å². The number of hydrogen-bond donors (Lipinski definition) is 2. The lowest BCUT2D eigenvalue weighted by atomic mass is 10.2. The van der Waals surface area contributed by atoms with Gasteiger partial charge in [-0.25, -0.2) is 4.98 Å². The van der Waals surface area contributed by atoms with Crippen molar-refractivity contribution in [3.05, 3.63) is 11.8 Å². The van der Waals surface area contributed by atoms with Crippen LogP contribution in [0.25, 0.3) is 0 Å². The lowest BCUT2D eigenvalue weighted by Gasteiger charge is -2.11. The van der Waals surface area contributed by atoms with Crippen LogP contribution >= 0.6 is 0 Å². The second-order valence-electron chi connectivity index (χ2n) is 3.72. The van der Waals surface area contributed by atoms with Crippen LogP contribution in [0.3, 0.4) is 0 Å². The largest absolute Gasteiger partial charge is 0.481 e. The first-order valence-electron chi connectivity index (χ1n) is 5.10. The summed E-state index contributed by atoms with van der Waals surface area (Å²) in [5.74, 6) is 1.07. The lowest BCUT2D eigenvalue weighted by Crippen LogP contribution is -2.23. The molecule has 6 nitrogen and oxygen atoms in total. The number of hydrogen-bond acceptors (Lipinski definition) is 5. The third kappa shape index (κ3) is 2.39. The summed E-state index contributed by atoms with van der Waals surface area (Å²) in [4.78, 5) is 19.4. The number of aromatic nitrogens is 2. The fourth-order valence-corrected chi connectivity index (χ4v) is 1.60. The van der Waals surface area contributed by atoms with Crippen LogP contribution in [-0.4, -0.2) is 35.6 Å². The molecule has 1 saturated heterocycles. The highest BCUT2D eigenvalue weighted by molar-refractivity contribution is 5.79. The molecule has 1 aromatic rings. The average Bonchev–Trinajstić information content (AvgIpc) is 2.63. The third-order valence-corrected chi connectivity index (χ3v) is 2.35. The predicted octanol–water partition coefficient (Wildman–Crippen LogP) is 0.0940. The van der Waals surface area contributed by atoms with Gasteiger partial charge in [-0.3, -0.25) is 4.79 Å². The normalized spacial score (nSPS) is 19.4. The number of nitrogens with one attached hydrogen (secondary N) is 2. The average molecular weight is 222 g/mol. The van der Waals surface area contributed by atoms with Crippen molar-refractivity contribution in [2.24, 2.45) is 0 Å². The molecular weight excluding hydrogens is 208 g/mol. The quantitative estimate of drug-likeness (QED) is 0.758. The van der Waals surface area contributed by atoms with Gasteiger partial charge in [0, 0.05) is 24.7 Å². The van der Waals surface area contributed by atoms with Gasteiger partial charge in [-0.2, -0.15) is 4.98 Å². The summed E-state index contributed by atoms with van der Waals surface area (Å²) in [6.07, 6.45) is 0.458. The molecule has 1 aliphatic rings. The van der Waals surface area contributed by atoms with E-state index in [2.05, 4.69) is 20.6 Å². The van der Waals surface area contributed by atoms with Gasteiger partial charge in [0.15, 0.2) is 0 Å². The Labute approximate surface area is 93.4 Å². The Balaban J connectivity index is 2.08. The highest BCUT2D eigenvalue weighted by atomic mass is 16.5. The number of carbonyl (C=O) groups excluding carboxylic acids is 1. The van der Waals surface area contributed by atoms with Gasteiger partial charge in [0.1, 0.15) is 0 Å². The van der Waals surface area contributed by atoms with Crippen LogP contribution < -0.4 is 15.4 Å². The minimum Gasteiger partial charge on any atom is -0.481 e. The predicted molar refractivity (Wildman–Crippen MR) is 58.4 cm³/mol. The topological polar surface area (TPSA) is 76.1 Å². The Bertz CT molecular complexity index is 408. The Morgan fingerprint density at radius 1 is 1.56 bits per heavy atom. The second-order valence-corrected chi connectivity index (χ2v) is 3.72. The maximum atomic E-state index is 11.0. The monoisotopic (exact) mass is 222 g/mol. The maximum absolute atomic E-state index is 11.0. The Morgan fingerprint density at radius 3 is 3.00 bits per heavy atom. The zero-order valence-corrected chi connectivity index (χ0v) is 9.28. The van der Waals surface area contributed by atoms with Gasteiger partial charge in [0.25, 0.3) is 0 Å². The van der Waals surface area contributed by atoms with E-state index in [-0.39, 0.29) is 11.9 Å². The standard InChI is InChI=1S/C10H14N4O2/c1-6-3-9(16-2)14-10(12-6)13-7-4-8(15)11-5-7/h3,7H,4-5H2,1-2H3,(H,11,15)(H,12,13,14). The van der Waals surface area contributed by atoms with Crippen LogP contribution in [0.15, 0.2) is 6.07 Å². The number of ether oxygens (including phenoxy) is 1. The molecule has 0 aliphatic carbocycles. The number of rotatable bonds is 3. The molecule has 2 N–H and O–H groups in total. The molecule has 1 aromatic heterocycles. The first-order chi connectivity index (χ1) is 7.67. The molecule has 1 amide bonds. The molecule has 2 rings (SSSR count). The van der Waals surface area contributed by atoms with E-state index >= 15 is 0 Å². The summed E-state index contributed by atoms with van der Waals surface area (Å²) in [5.41, 5.74) is 0.826. The molecular formula is C10H14N4O2. The Kier molecular flexibility index (Phi) is 2.89. The number of amides is 1. The molecule has 1 unspecified atom stereocenters. The molecule has 1 atom stereocenters. The van der Waals surface area contributed by atoms with Crippen molar-refractivity contribution in [2.75, 3.05) is 19.0 Å². The first kappa shape index (κ1) is 10.7. The zero-order valence-electron chi connectivity index (χ0n) is 9.28. The molecule has 0 bridgehead atoms. The van der Waals surface area contributed by atoms with Crippen LogP contribution in [0.2, 0.25) is 0 Å². The van der Waals surface area contributed by atoms with Gasteiger partial charge in [-0.15, -0.1) is 0 Å². The fourth-order valence-electron chi connectivity index (χ4n) is 1.60. The molecule has 0 saturated carbocycles. The molecule has 86 valence electrons. The number of carbonyl (C=O) groups is 1. The van der Waals surface area contributed by atoms with Crippen molar-refractivity contribution in [3.63, 3.8) is 0 Å². The molecule has 16 heavy (non-hydrogen) atoms. The summed E-state index contributed by atoms with van der Waals surface area (Å²) in [6, 6.07) is 1.81. The molecule has 1 fully saturated rings. The van der Waals surface area contributed by atoms with E-state index in [0.717, 1.165) is 5.69 Å². The molecule has 0 radical (unpaired) electrons. The van der Waals surface area contributed by atoms with Crippen LogP contribution in [0.1, 0.15) is 12.1 Å². The number of anilines is 1. The highest BCUT2D eigenvalue weighted by Gasteiger charge is 2.21. The zero-order chi connectivity index (χ0) is 11.5. The van der Waals surface area contributed by atoms with E-state index < -0.39 is 0 Å². The van der Waals surface area contributed by atoms with Crippen molar-refractivity contribution in [2.45, 2.75) is 19.4 Å². The van der Waals surface area contributed by atoms with E-state index in [1.54, 1.807) is 13.2 Å². The van der Waals surface area contributed by atoms with Gasteiger partial charge in [0.2, 0.25) is 17.7 Å². The smallest absolute Gasteiger partial charge is 0.226 e. The molecule has 0 spiro atoms. The van der Waals surface area contributed by atoms with E-state index in [1.807, 2.05) is 6.92 Å². The van der Waals surface area contributed by atoms with Gasteiger partial charge < -0.3 is 15.4 Å². The second kappa shape index (κ2) is 4.34. The fraction of sp³-hybridized carbons (Fsp3) is 0.500. The van der Waals surface area contributed by atoms with E-state index in [1.165, 1.54) is 0 Å². The molecule has 2 heterocycles. The van der Waals surface area contributed by atoms with Crippen molar-refractivity contribution >= 4 is 11.9 Å². The van der Waals surface area contributed by atoms with E-state index in [4.69, 9.17) is 4.74 Å². The van der Waals surface area contributed by atoms with Crippen molar-refractivity contribution < 1.29 is 9.53 Å². The Hall–Kier alpha value is -1.85. The van der Waals surface area contributed by atoms with Gasteiger partial charge >= 0.3 is 0 Å². The third-order valence-electron chi connectivity index (χ3n) is 2.35. The van der Waals surface area contributed by atoms with Gasteiger partial charge in [-0.1, -0.05) is 0 Å². The number of nitrogens with zero attached hydrogens (tertiary/aromatic N) is 2. The lowest BCUT2D eigenvalue weighted by molar-refractivity contribution is -0.119. The van der Waals surface area contributed by atoms with Gasteiger partial charge in [-0.05, 0) is 6.92 Å². The van der Waals surface area contributed by atoms with Crippen molar-refractivity contribution in [3.8, 4) is 5.88 Å². The SMILES string of the molecule is COc1cc(C)nc(NC2CNC(=O)C2)n1. The summed E-state index contributed by atoms with van der Waals surface area (Å²) in [6.45, 7) is 2.48. The van der Waals surface area contributed by atoms with Crippen molar-refractivity contribution in [1.82, 2.24) is 15.3 Å². The molecule has 0 aromatic carbocycles. The summed E-state index contributed by atoms with van der Waals surface area (Å²) in [7, 11) is 1.56. The van der Waals surface area contributed by atoms with Crippen LogP contribution in [0, 0.1) is 6.92 Å². The highest BCUT2D eigenvalue weighted by Crippen LogP contribution is 2.13. The van der Waals surface area contributed by atoms with Crippen molar-refractivity contribution in [1.29, 1.82) is 0 Å². The Morgan fingerprint density at radius 2 is 2.38 bits per heavy atom. The number of aryl methyl sites for hydroxylation is 1.